The monoisotopic (exact) mass is 308 g/mol. The number of aromatic hydroxyl groups is 2. The molecule has 2 rings (SSSR count). The zero-order chi connectivity index (χ0) is 15.6. The number of phenolic OH excluding ortho intramolecular Hbond substituents is 2. The van der Waals surface area contributed by atoms with Gasteiger partial charge in [0.25, 0.3) is 0 Å². The molecule has 6 heteroatoms. The summed E-state index contributed by atoms with van der Waals surface area (Å²) in [6, 6.07) is 6.85. The minimum Gasteiger partial charge on any atom is -0.507 e. The Labute approximate surface area is 126 Å². The fourth-order valence-electron chi connectivity index (χ4n) is 1.87. The molecule has 2 aromatic carbocycles. The molecule has 0 bridgehead atoms. The molecule has 0 spiro atoms. The zero-order valence-electron chi connectivity index (χ0n) is 11.4. The molecule has 0 saturated carbocycles. The third kappa shape index (κ3) is 2.87. The lowest BCUT2D eigenvalue weighted by molar-refractivity contribution is 0.103. The summed E-state index contributed by atoms with van der Waals surface area (Å²) in [6.45, 7) is 0. The quantitative estimate of drug-likeness (QED) is 0.849. The number of hydrogen-bond donors (Lipinski definition) is 2. The van der Waals surface area contributed by atoms with Crippen LogP contribution in [-0.4, -0.2) is 30.2 Å². The summed E-state index contributed by atoms with van der Waals surface area (Å²) >= 11 is 5.78. The van der Waals surface area contributed by atoms with Crippen LogP contribution in [0, 0.1) is 0 Å². The summed E-state index contributed by atoms with van der Waals surface area (Å²) in [5.41, 5.74) is 0.163. The number of carbonyl (C=O) groups excluding carboxylic acids is 1. The van der Waals surface area contributed by atoms with Gasteiger partial charge in [0.2, 0.25) is 5.78 Å². The first-order chi connectivity index (χ1) is 9.97. The number of ketones is 1. The number of phenols is 2. The summed E-state index contributed by atoms with van der Waals surface area (Å²) in [5.74, 6) is -0.336. The van der Waals surface area contributed by atoms with E-state index < -0.39 is 5.78 Å². The van der Waals surface area contributed by atoms with Gasteiger partial charge in [-0.05, 0) is 18.2 Å². The average Bonchev–Trinajstić information content (AvgIpc) is 2.48. The fraction of sp³-hybridized carbons (Fsp3) is 0.133. The number of hydrogen-bond acceptors (Lipinski definition) is 5. The number of ether oxygens (including phenoxy) is 2. The van der Waals surface area contributed by atoms with Crippen molar-refractivity contribution in [1.82, 2.24) is 0 Å². The predicted molar refractivity (Wildman–Crippen MR) is 77.8 cm³/mol. The minimum atomic E-state index is -0.501. The number of benzene rings is 2. The molecule has 0 amide bonds. The second kappa shape index (κ2) is 5.93. The molecule has 110 valence electrons. The maximum absolute atomic E-state index is 12.5. The van der Waals surface area contributed by atoms with Crippen LogP contribution in [0.5, 0.6) is 23.0 Å². The second-order valence-corrected chi connectivity index (χ2v) is 4.62. The average molecular weight is 309 g/mol. The number of rotatable bonds is 4. The molecule has 0 aromatic heterocycles. The van der Waals surface area contributed by atoms with Crippen LogP contribution in [0.15, 0.2) is 30.3 Å². The molecule has 0 radical (unpaired) electrons. The Morgan fingerprint density at radius 2 is 1.71 bits per heavy atom. The van der Waals surface area contributed by atoms with Gasteiger partial charge in [-0.25, -0.2) is 0 Å². The van der Waals surface area contributed by atoms with E-state index in [0.29, 0.717) is 5.75 Å². The lowest BCUT2D eigenvalue weighted by Crippen LogP contribution is -2.04. The Hall–Kier alpha value is -2.40. The highest BCUT2D eigenvalue weighted by atomic mass is 35.5. The first-order valence-electron chi connectivity index (χ1n) is 5.96. The number of halogens is 1. The van der Waals surface area contributed by atoms with Gasteiger partial charge in [0, 0.05) is 12.1 Å². The van der Waals surface area contributed by atoms with Crippen molar-refractivity contribution in [2.45, 2.75) is 0 Å². The normalized spacial score (nSPS) is 10.2. The molecule has 0 aliphatic heterocycles. The molecule has 2 N–H and O–H groups in total. The van der Waals surface area contributed by atoms with Crippen LogP contribution in [-0.2, 0) is 0 Å². The van der Waals surface area contributed by atoms with Crippen LogP contribution in [0.2, 0.25) is 5.02 Å². The smallest absolute Gasteiger partial charge is 0.200 e. The number of carbonyl (C=O) groups is 1. The molecule has 0 atom stereocenters. The Bertz CT molecular complexity index is 697. The van der Waals surface area contributed by atoms with Gasteiger partial charge in [-0.15, -0.1) is 0 Å². The van der Waals surface area contributed by atoms with E-state index in [0.717, 1.165) is 0 Å². The second-order valence-electron chi connectivity index (χ2n) is 4.22. The van der Waals surface area contributed by atoms with E-state index in [1.807, 2.05) is 0 Å². The standard InChI is InChI=1S/C15H13ClO5/c1-20-8-3-4-9(12(17)5-8)15(19)10-6-13(18)11(16)7-14(10)21-2/h3-7,17-18H,1-2H3. The molecule has 2 aromatic rings. The van der Waals surface area contributed by atoms with Gasteiger partial charge < -0.3 is 19.7 Å². The number of methoxy groups -OCH3 is 2. The van der Waals surface area contributed by atoms with Gasteiger partial charge in [-0.1, -0.05) is 11.6 Å². The topological polar surface area (TPSA) is 76.0 Å². The van der Waals surface area contributed by atoms with Gasteiger partial charge in [-0.3, -0.25) is 4.79 Å². The predicted octanol–water partition coefficient (Wildman–Crippen LogP) is 3.00. The summed E-state index contributed by atoms with van der Waals surface area (Å²) in [7, 11) is 2.84. The van der Waals surface area contributed by atoms with E-state index in [4.69, 9.17) is 21.1 Å². The van der Waals surface area contributed by atoms with Crippen molar-refractivity contribution in [3.8, 4) is 23.0 Å². The van der Waals surface area contributed by atoms with Crippen LogP contribution >= 0.6 is 11.6 Å². The minimum absolute atomic E-state index is 0.0656. The Balaban J connectivity index is 2.52. The molecule has 0 aliphatic rings. The van der Waals surface area contributed by atoms with Crippen LogP contribution < -0.4 is 9.47 Å². The molecule has 5 nitrogen and oxygen atoms in total. The largest absolute Gasteiger partial charge is 0.507 e. The molecule has 0 fully saturated rings. The summed E-state index contributed by atoms with van der Waals surface area (Å²) < 4.78 is 10.0. The summed E-state index contributed by atoms with van der Waals surface area (Å²) in [4.78, 5) is 12.5. The van der Waals surface area contributed by atoms with Gasteiger partial charge in [0.15, 0.2) is 0 Å². The van der Waals surface area contributed by atoms with Gasteiger partial charge >= 0.3 is 0 Å². The molecular formula is C15H13ClO5. The highest BCUT2D eigenvalue weighted by Gasteiger charge is 2.20. The van der Waals surface area contributed by atoms with E-state index in [9.17, 15) is 15.0 Å². The lowest BCUT2D eigenvalue weighted by Gasteiger charge is -2.11. The van der Waals surface area contributed by atoms with E-state index >= 15 is 0 Å². The van der Waals surface area contributed by atoms with Gasteiger partial charge in [0.05, 0.1) is 30.4 Å². The molecule has 0 saturated heterocycles. The first kappa shape index (κ1) is 15.0. The molecular weight excluding hydrogens is 296 g/mol. The highest BCUT2D eigenvalue weighted by molar-refractivity contribution is 6.32. The van der Waals surface area contributed by atoms with Crippen LogP contribution in [0.4, 0.5) is 0 Å². The van der Waals surface area contributed by atoms with E-state index in [2.05, 4.69) is 0 Å². The van der Waals surface area contributed by atoms with Crippen molar-refractivity contribution < 1.29 is 24.5 Å². The maximum atomic E-state index is 12.5. The van der Waals surface area contributed by atoms with Crippen molar-refractivity contribution in [1.29, 1.82) is 0 Å². The van der Waals surface area contributed by atoms with Gasteiger partial charge in [-0.2, -0.15) is 0 Å². The Kier molecular flexibility index (Phi) is 4.23. The Morgan fingerprint density at radius 3 is 2.29 bits per heavy atom. The van der Waals surface area contributed by atoms with E-state index in [1.165, 1.54) is 38.5 Å². The van der Waals surface area contributed by atoms with E-state index in [-0.39, 0.29) is 33.4 Å². The SMILES string of the molecule is COc1ccc(C(=O)c2cc(O)c(Cl)cc2OC)c(O)c1. The fourth-order valence-corrected chi connectivity index (χ4v) is 2.02. The third-order valence-corrected chi connectivity index (χ3v) is 3.27. The van der Waals surface area contributed by atoms with Crippen molar-refractivity contribution in [3.05, 3.63) is 46.5 Å². The molecule has 0 unspecified atom stereocenters. The molecule has 0 heterocycles. The van der Waals surface area contributed by atoms with Crippen LogP contribution in [0.1, 0.15) is 15.9 Å². The maximum Gasteiger partial charge on any atom is 0.200 e. The van der Waals surface area contributed by atoms with Crippen LogP contribution in [0.25, 0.3) is 0 Å². The van der Waals surface area contributed by atoms with E-state index in [1.54, 1.807) is 6.07 Å². The van der Waals surface area contributed by atoms with Crippen molar-refractivity contribution >= 4 is 17.4 Å². The van der Waals surface area contributed by atoms with Crippen molar-refractivity contribution in [3.63, 3.8) is 0 Å². The lowest BCUT2D eigenvalue weighted by atomic mass is 10.0. The molecule has 21 heavy (non-hydrogen) atoms. The zero-order valence-corrected chi connectivity index (χ0v) is 12.1. The van der Waals surface area contributed by atoms with Gasteiger partial charge in [0.1, 0.15) is 23.0 Å². The first-order valence-corrected chi connectivity index (χ1v) is 6.34. The highest BCUT2D eigenvalue weighted by Crippen LogP contribution is 2.34. The van der Waals surface area contributed by atoms with Crippen molar-refractivity contribution in [2.24, 2.45) is 0 Å². The summed E-state index contributed by atoms with van der Waals surface area (Å²) in [6.07, 6.45) is 0. The van der Waals surface area contributed by atoms with Crippen LogP contribution in [0.3, 0.4) is 0 Å². The molecule has 0 aliphatic carbocycles. The Morgan fingerprint density at radius 1 is 1.00 bits per heavy atom. The summed E-state index contributed by atoms with van der Waals surface area (Å²) in [5, 5.41) is 19.6. The van der Waals surface area contributed by atoms with Crippen molar-refractivity contribution in [2.75, 3.05) is 14.2 Å². The third-order valence-electron chi connectivity index (χ3n) is 2.96.